The van der Waals surface area contributed by atoms with Crippen LogP contribution >= 0.6 is 11.6 Å². The molecular weight excluding hydrogens is 1380 g/mol. The van der Waals surface area contributed by atoms with Crippen molar-refractivity contribution in [3.05, 3.63) is 220 Å². The largest absolute Gasteiger partial charge is 0.508 e. The van der Waals surface area contributed by atoms with Crippen molar-refractivity contribution in [3.63, 3.8) is 0 Å². The van der Waals surface area contributed by atoms with Gasteiger partial charge in [-0.05, 0) is 203 Å². The van der Waals surface area contributed by atoms with Gasteiger partial charge in [0.25, 0.3) is 0 Å². The number of nitrogens with zero attached hydrogens (tertiary/aromatic N) is 3. The molecule has 0 fully saturated rings. The molecule has 590 valence electrons. The van der Waals surface area contributed by atoms with Crippen LogP contribution in [0.2, 0.25) is 0 Å². The number of halogens is 1. The molecule has 21 heteroatoms. The Hall–Kier alpha value is -8.86. The average molecular weight is 1510 g/mol. The molecule has 107 heavy (non-hydrogen) atoms. The first-order valence-corrected chi connectivity index (χ1v) is 36.9. The SMILES string of the molecule is CC(C)C(=O)Cl.CC(C)C(=O)Oc1ccc(CO)cc1[C@H](CCN(C(C)C)C(C)C)c1ccccc1.CC(C)C(=O)Oc1ccc(CO)cc1[C@H](CCN(C(C)C)C(C)C)c1ccccc1.CC(C)N(CC[C@H](c1ccccc1)c1cc(CO)ccc1O)C(C)C.O=C(O)/C=C/C(=O)O.O=C(O)/C=C/C(=O)O.[HH]. The first kappa shape index (κ1) is 96.2. The van der Waals surface area contributed by atoms with E-state index in [1.807, 2.05) is 125 Å². The Morgan fingerprint density at radius 3 is 0.813 bits per heavy atom. The molecule has 0 bridgehead atoms. The molecule has 6 aromatic carbocycles. The van der Waals surface area contributed by atoms with Gasteiger partial charge in [-0.1, -0.05) is 151 Å². The highest BCUT2D eigenvalue weighted by molar-refractivity contribution is 6.63. The lowest BCUT2D eigenvalue weighted by molar-refractivity contribution is -0.138. The maximum atomic E-state index is 12.3. The van der Waals surface area contributed by atoms with Gasteiger partial charge in [0, 0.05) is 102 Å². The Bertz CT molecular complexity index is 3450. The van der Waals surface area contributed by atoms with Crippen molar-refractivity contribution in [3.8, 4) is 17.2 Å². The molecule has 0 heterocycles. The molecule has 0 aliphatic heterocycles. The van der Waals surface area contributed by atoms with Gasteiger partial charge in [0.05, 0.1) is 31.7 Å². The smallest absolute Gasteiger partial charge is 0.328 e. The first-order chi connectivity index (χ1) is 50.3. The Labute approximate surface area is 641 Å². The van der Waals surface area contributed by atoms with Gasteiger partial charge in [0.1, 0.15) is 17.2 Å². The molecule has 0 amide bonds. The zero-order valence-corrected chi connectivity index (χ0v) is 66.7. The van der Waals surface area contributed by atoms with Crippen LogP contribution < -0.4 is 9.47 Å². The van der Waals surface area contributed by atoms with Gasteiger partial charge in [0.2, 0.25) is 5.24 Å². The lowest BCUT2D eigenvalue weighted by atomic mass is 9.86. The van der Waals surface area contributed by atoms with E-state index in [1.165, 1.54) is 16.7 Å². The number of phenolic OH excluding ortho intramolecular Hbond substituents is 1. The zero-order valence-electron chi connectivity index (χ0n) is 65.9. The second-order valence-electron chi connectivity index (χ2n) is 28.3. The summed E-state index contributed by atoms with van der Waals surface area (Å²) in [4.78, 5) is 80.2. The van der Waals surface area contributed by atoms with E-state index in [0.29, 0.717) is 77.8 Å². The van der Waals surface area contributed by atoms with E-state index >= 15 is 0 Å². The van der Waals surface area contributed by atoms with Gasteiger partial charge in [-0.2, -0.15) is 0 Å². The molecule has 6 rings (SSSR count). The quantitative estimate of drug-likeness (QED) is 0.00821. The van der Waals surface area contributed by atoms with Crippen LogP contribution in [-0.2, 0) is 53.4 Å². The zero-order chi connectivity index (χ0) is 81.2. The fraction of sp³-hybridized carbons (Fsp3) is 0.453. The number of carboxylic acids is 4. The lowest BCUT2D eigenvalue weighted by Gasteiger charge is -2.32. The number of hydrogen-bond donors (Lipinski definition) is 8. The van der Waals surface area contributed by atoms with E-state index < -0.39 is 23.9 Å². The third-order valence-electron chi connectivity index (χ3n) is 17.1. The van der Waals surface area contributed by atoms with E-state index in [0.717, 1.165) is 72.3 Å². The summed E-state index contributed by atoms with van der Waals surface area (Å²) in [5, 5.41) is 70.4. The van der Waals surface area contributed by atoms with E-state index in [2.05, 4.69) is 134 Å². The predicted molar refractivity (Wildman–Crippen MR) is 426 cm³/mol. The van der Waals surface area contributed by atoms with E-state index in [9.17, 15) is 54.0 Å². The number of benzene rings is 6. The van der Waals surface area contributed by atoms with Gasteiger partial charge in [-0.25, -0.2) is 19.2 Å². The van der Waals surface area contributed by atoms with Gasteiger partial charge >= 0.3 is 35.8 Å². The van der Waals surface area contributed by atoms with Gasteiger partial charge in [0.15, 0.2) is 0 Å². The van der Waals surface area contributed by atoms with Crippen LogP contribution in [0, 0.1) is 17.8 Å². The molecule has 0 aliphatic carbocycles. The molecule has 0 unspecified atom stereocenters. The maximum absolute atomic E-state index is 12.3. The normalized spacial score (nSPS) is 12.1. The van der Waals surface area contributed by atoms with E-state index in [1.54, 1.807) is 26.0 Å². The standard InChI is InChI=1S/2C26H37NO3.C22H31NO2.C4H7ClO.2C4H4O4.H2/c2*1-18(2)26(29)30-25-13-12-21(17-28)16-24(25)23(22-10-8-7-9-11-22)14-15-27(19(3)4)20(5)6;1-16(2)23(17(3)4)13-12-20(19-8-6-5-7-9-19)21-14-18(15-24)10-11-22(21)25;1-3(2)4(5)6;2*5-3(6)1-2-4(7)8;/h2*7-13,16,18-20,23,28H,14-15,17H2,1-6H3;5-11,14,16-17,20,24-25H,12-13,15H2,1-4H3;3H,1-2H3;2*1-2H,(H,5,6)(H,7,8);1H/b;;;;2*2-1+;/t2*23-;20-;;;;/m111..../s1. The number of carboxylic acid groups (broad SMARTS) is 4. The summed E-state index contributed by atoms with van der Waals surface area (Å²) in [7, 11) is 0. The lowest BCUT2D eigenvalue weighted by Crippen LogP contribution is -2.38. The van der Waals surface area contributed by atoms with Crippen LogP contribution in [-0.4, -0.2) is 152 Å². The van der Waals surface area contributed by atoms with Gasteiger partial charge in [-0.3, -0.25) is 29.1 Å². The molecule has 3 atom stereocenters. The fourth-order valence-corrected chi connectivity index (χ4v) is 11.6. The highest BCUT2D eigenvalue weighted by Crippen LogP contribution is 2.39. The number of rotatable bonds is 33. The summed E-state index contributed by atoms with van der Waals surface area (Å²) in [5.74, 6) is -4.26. The molecular formula is C86H122ClN3O17. The van der Waals surface area contributed by atoms with Crippen LogP contribution in [0.25, 0.3) is 0 Å². The number of phenols is 1. The summed E-state index contributed by atoms with van der Waals surface area (Å²) in [6, 6.07) is 50.4. The molecule has 0 aromatic heterocycles. The third-order valence-corrected chi connectivity index (χ3v) is 17.5. The molecule has 6 aromatic rings. The molecule has 0 radical (unpaired) electrons. The highest BCUT2D eigenvalue weighted by Gasteiger charge is 2.27. The Kier molecular flexibility index (Phi) is 46.2. The van der Waals surface area contributed by atoms with E-state index in [-0.39, 0.29) is 73.9 Å². The number of aliphatic hydroxyl groups is 3. The van der Waals surface area contributed by atoms with Crippen molar-refractivity contribution in [1.82, 2.24) is 14.7 Å². The molecule has 0 saturated heterocycles. The minimum Gasteiger partial charge on any atom is -0.508 e. The number of carbonyl (C=O) groups is 7. The first-order valence-electron chi connectivity index (χ1n) is 36.5. The Morgan fingerprint density at radius 1 is 0.364 bits per heavy atom. The van der Waals surface area contributed by atoms with Crippen LogP contribution in [0.4, 0.5) is 0 Å². The Morgan fingerprint density at radius 2 is 0.598 bits per heavy atom. The molecule has 20 nitrogen and oxygen atoms in total. The van der Waals surface area contributed by atoms with Crippen LogP contribution in [0.3, 0.4) is 0 Å². The predicted octanol–water partition coefficient (Wildman–Crippen LogP) is 16.4. The topological polar surface area (TPSA) is 310 Å². The monoisotopic (exact) mass is 1500 g/mol. The van der Waals surface area contributed by atoms with Crippen molar-refractivity contribution in [1.29, 1.82) is 0 Å². The van der Waals surface area contributed by atoms with Crippen LogP contribution in [0.1, 0.15) is 213 Å². The molecule has 0 saturated carbocycles. The fourth-order valence-electron chi connectivity index (χ4n) is 11.6. The summed E-state index contributed by atoms with van der Waals surface area (Å²) in [5.41, 5.74) is 8.83. The van der Waals surface area contributed by atoms with Crippen molar-refractivity contribution in [2.75, 3.05) is 19.6 Å². The number of hydrogen-bond acceptors (Lipinski definition) is 16. The summed E-state index contributed by atoms with van der Waals surface area (Å²) in [6.45, 7) is 40.2. The molecule has 0 aliphatic rings. The van der Waals surface area contributed by atoms with Gasteiger partial charge < -0.3 is 50.3 Å². The van der Waals surface area contributed by atoms with Crippen LogP contribution in [0.5, 0.6) is 17.2 Å². The van der Waals surface area contributed by atoms with Crippen molar-refractivity contribution in [2.45, 2.75) is 218 Å². The highest BCUT2D eigenvalue weighted by atomic mass is 35.5. The molecule has 8 N–H and O–H groups in total. The Balaban J connectivity index is 0.00000139. The maximum Gasteiger partial charge on any atom is 0.328 e. The van der Waals surface area contributed by atoms with Crippen molar-refractivity contribution >= 4 is 52.7 Å². The van der Waals surface area contributed by atoms with Crippen molar-refractivity contribution in [2.24, 2.45) is 17.8 Å². The number of ether oxygens (including phenoxy) is 2. The average Bonchev–Trinajstić information content (AvgIpc) is 0.818. The summed E-state index contributed by atoms with van der Waals surface area (Å²) < 4.78 is 11.6. The number of esters is 2. The number of aromatic hydroxyl groups is 1. The molecule has 0 spiro atoms. The second-order valence-corrected chi connectivity index (χ2v) is 28.6. The minimum atomic E-state index is -1.26. The van der Waals surface area contributed by atoms with Crippen molar-refractivity contribution < 1.29 is 85.3 Å². The van der Waals surface area contributed by atoms with E-state index in [4.69, 9.17) is 41.5 Å². The minimum absolute atomic E-state index is 0. The third kappa shape index (κ3) is 37.5. The number of carbonyl (C=O) groups excluding carboxylic acids is 3. The number of aliphatic carboxylic acids is 4. The van der Waals surface area contributed by atoms with Gasteiger partial charge in [-0.15, -0.1) is 0 Å². The summed E-state index contributed by atoms with van der Waals surface area (Å²) in [6.07, 6.45) is 4.93. The van der Waals surface area contributed by atoms with Crippen LogP contribution in [0.15, 0.2) is 170 Å². The summed E-state index contributed by atoms with van der Waals surface area (Å²) >= 11 is 4.97. The second kappa shape index (κ2) is 51.4. The number of aliphatic hydroxyl groups excluding tert-OH is 3.